The second-order valence-corrected chi connectivity index (χ2v) is 6.95. The summed E-state index contributed by atoms with van der Waals surface area (Å²) in [4.78, 5) is 0. The number of hydrogen-bond acceptors (Lipinski definition) is 2. The van der Waals surface area contributed by atoms with E-state index >= 15 is 0 Å². The van der Waals surface area contributed by atoms with Crippen LogP contribution in [0.1, 0.15) is 71.5 Å². The van der Waals surface area contributed by atoms with Crippen molar-refractivity contribution >= 4 is 0 Å². The largest absolute Gasteiger partial charge is 0.325 e. The lowest BCUT2D eigenvalue weighted by molar-refractivity contribution is 0.162. The first-order valence-corrected chi connectivity index (χ1v) is 8.31. The molecule has 1 aliphatic rings. The zero-order valence-electron chi connectivity index (χ0n) is 13.6. The smallest absolute Gasteiger partial charge is 0.0643 e. The van der Waals surface area contributed by atoms with Crippen LogP contribution < -0.4 is 5.73 Å². The fourth-order valence-corrected chi connectivity index (χ4v) is 3.66. The highest BCUT2D eigenvalue weighted by Crippen LogP contribution is 2.37. The highest BCUT2D eigenvalue weighted by atomic mass is 15.3. The van der Waals surface area contributed by atoms with Crippen molar-refractivity contribution in [3.63, 3.8) is 0 Å². The second-order valence-electron chi connectivity index (χ2n) is 6.95. The molecule has 2 rings (SSSR count). The Kier molecular flexibility index (Phi) is 4.90. The molecule has 0 radical (unpaired) electrons. The van der Waals surface area contributed by atoms with Gasteiger partial charge in [0.1, 0.15) is 0 Å². The van der Waals surface area contributed by atoms with Crippen LogP contribution >= 0.6 is 0 Å². The molecule has 0 spiro atoms. The summed E-state index contributed by atoms with van der Waals surface area (Å²) in [5.41, 5.74) is 7.81. The van der Waals surface area contributed by atoms with Gasteiger partial charge >= 0.3 is 0 Å². The molecule has 0 saturated heterocycles. The molecule has 1 fully saturated rings. The molecule has 3 atom stereocenters. The van der Waals surface area contributed by atoms with Crippen molar-refractivity contribution in [1.82, 2.24) is 9.78 Å². The molecule has 0 aliphatic heterocycles. The third kappa shape index (κ3) is 3.25. The Bertz CT molecular complexity index is 422. The summed E-state index contributed by atoms with van der Waals surface area (Å²) in [7, 11) is 0. The van der Waals surface area contributed by atoms with Crippen LogP contribution in [0.5, 0.6) is 0 Å². The van der Waals surface area contributed by atoms with Crippen molar-refractivity contribution in [3.05, 3.63) is 18.0 Å². The molecule has 0 amide bonds. The Morgan fingerprint density at radius 3 is 2.70 bits per heavy atom. The van der Waals surface area contributed by atoms with Crippen LogP contribution in [0.3, 0.4) is 0 Å². The van der Waals surface area contributed by atoms with Crippen LogP contribution in [0, 0.1) is 11.8 Å². The van der Waals surface area contributed by atoms with Gasteiger partial charge in [-0.2, -0.15) is 5.10 Å². The van der Waals surface area contributed by atoms with Gasteiger partial charge in [-0.1, -0.05) is 27.7 Å². The summed E-state index contributed by atoms with van der Waals surface area (Å²) in [6.07, 6.45) is 8.98. The summed E-state index contributed by atoms with van der Waals surface area (Å²) in [6.45, 7) is 9.11. The van der Waals surface area contributed by atoms with Crippen LogP contribution in [0.4, 0.5) is 0 Å². The summed E-state index contributed by atoms with van der Waals surface area (Å²) < 4.78 is 2.13. The maximum absolute atomic E-state index is 6.70. The van der Waals surface area contributed by atoms with E-state index in [1.165, 1.54) is 18.5 Å². The zero-order chi connectivity index (χ0) is 14.8. The molecule has 3 heteroatoms. The van der Waals surface area contributed by atoms with Crippen LogP contribution in [0.15, 0.2) is 12.3 Å². The van der Waals surface area contributed by atoms with Crippen molar-refractivity contribution < 1.29 is 0 Å². The van der Waals surface area contributed by atoms with Gasteiger partial charge in [-0.25, -0.2) is 0 Å². The standard InChI is InChI=1S/C17H31N3/c1-5-16(6-2)20-10-8-15(19-20)12-17(18)9-7-13(3)11-14(17)4/h8,10,13-14,16H,5-7,9,11-12,18H2,1-4H3. The van der Waals surface area contributed by atoms with Gasteiger partial charge in [-0.15, -0.1) is 0 Å². The van der Waals surface area contributed by atoms with Gasteiger partial charge in [0.15, 0.2) is 0 Å². The van der Waals surface area contributed by atoms with E-state index < -0.39 is 0 Å². The summed E-state index contributed by atoms with van der Waals surface area (Å²) in [6, 6.07) is 2.69. The maximum atomic E-state index is 6.70. The number of nitrogens with two attached hydrogens (primary N) is 1. The lowest BCUT2D eigenvalue weighted by atomic mass is 9.68. The molecule has 3 unspecified atom stereocenters. The SMILES string of the molecule is CCC(CC)n1ccc(CC2(N)CCC(C)CC2C)n1. The van der Waals surface area contributed by atoms with E-state index in [9.17, 15) is 0 Å². The molecule has 0 aromatic carbocycles. The lowest BCUT2D eigenvalue weighted by Crippen LogP contribution is -2.51. The van der Waals surface area contributed by atoms with E-state index in [0.29, 0.717) is 12.0 Å². The number of aromatic nitrogens is 2. The predicted molar refractivity (Wildman–Crippen MR) is 84.6 cm³/mol. The first kappa shape index (κ1) is 15.6. The van der Waals surface area contributed by atoms with E-state index in [2.05, 4.69) is 44.6 Å². The summed E-state index contributed by atoms with van der Waals surface area (Å²) in [5.74, 6) is 1.41. The van der Waals surface area contributed by atoms with Gasteiger partial charge in [0.25, 0.3) is 0 Å². The molecule has 1 aromatic heterocycles. The van der Waals surface area contributed by atoms with E-state index in [1.54, 1.807) is 0 Å². The van der Waals surface area contributed by atoms with Crippen LogP contribution in [0.25, 0.3) is 0 Å². The molecular weight excluding hydrogens is 246 g/mol. The third-order valence-corrected chi connectivity index (χ3v) is 5.33. The molecule has 3 nitrogen and oxygen atoms in total. The maximum Gasteiger partial charge on any atom is 0.0643 e. The van der Waals surface area contributed by atoms with Crippen LogP contribution in [0.2, 0.25) is 0 Å². The van der Waals surface area contributed by atoms with E-state index in [4.69, 9.17) is 10.8 Å². The number of hydrogen-bond donors (Lipinski definition) is 1. The highest BCUT2D eigenvalue weighted by Gasteiger charge is 2.37. The first-order valence-electron chi connectivity index (χ1n) is 8.31. The molecule has 1 saturated carbocycles. The average Bonchev–Trinajstić information content (AvgIpc) is 2.85. The number of nitrogens with zero attached hydrogens (tertiary/aromatic N) is 2. The minimum Gasteiger partial charge on any atom is -0.325 e. The van der Waals surface area contributed by atoms with Gasteiger partial charge in [0, 0.05) is 18.2 Å². The molecule has 2 N–H and O–H groups in total. The molecule has 1 aliphatic carbocycles. The quantitative estimate of drug-likeness (QED) is 0.886. The average molecular weight is 277 g/mol. The molecule has 114 valence electrons. The van der Waals surface area contributed by atoms with Gasteiger partial charge in [-0.3, -0.25) is 4.68 Å². The van der Waals surface area contributed by atoms with Gasteiger partial charge in [-0.05, 0) is 50.0 Å². The van der Waals surface area contributed by atoms with Gasteiger partial charge in [0.05, 0.1) is 11.7 Å². The first-order chi connectivity index (χ1) is 9.48. The van der Waals surface area contributed by atoms with E-state index in [-0.39, 0.29) is 5.54 Å². The summed E-state index contributed by atoms with van der Waals surface area (Å²) >= 11 is 0. The Hall–Kier alpha value is -0.830. The molecule has 0 bridgehead atoms. The molecular formula is C17H31N3. The van der Waals surface area contributed by atoms with E-state index in [1.807, 2.05) is 0 Å². The molecule has 1 aromatic rings. The summed E-state index contributed by atoms with van der Waals surface area (Å²) in [5, 5.41) is 4.78. The van der Waals surface area contributed by atoms with Crippen LogP contribution in [-0.2, 0) is 6.42 Å². The highest BCUT2D eigenvalue weighted by molar-refractivity contribution is 5.08. The van der Waals surface area contributed by atoms with Gasteiger partial charge in [0.2, 0.25) is 0 Å². The normalized spacial score (nSPS) is 30.9. The Balaban J connectivity index is 2.06. The molecule has 1 heterocycles. The second kappa shape index (κ2) is 6.30. The topological polar surface area (TPSA) is 43.8 Å². The fourth-order valence-electron chi connectivity index (χ4n) is 3.66. The van der Waals surface area contributed by atoms with E-state index in [0.717, 1.165) is 31.6 Å². The minimum atomic E-state index is -0.0559. The Morgan fingerprint density at radius 1 is 1.40 bits per heavy atom. The van der Waals surface area contributed by atoms with Crippen molar-refractivity contribution in [2.45, 2.75) is 77.8 Å². The fraction of sp³-hybridized carbons (Fsp3) is 0.824. The molecule has 20 heavy (non-hydrogen) atoms. The van der Waals surface area contributed by atoms with Crippen molar-refractivity contribution in [2.75, 3.05) is 0 Å². The third-order valence-electron chi connectivity index (χ3n) is 5.33. The van der Waals surface area contributed by atoms with Gasteiger partial charge < -0.3 is 5.73 Å². The van der Waals surface area contributed by atoms with Crippen molar-refractivity contribution in [2.24, 2.45) is 17.6 Å². The zero-order valence-corrected chi connectivity index (χ0v) is 13.6. The number of rotatable bonds is 5. The lowest BCUT2D eigenvalue weighted by Gasteiger charge is -2.41. The minimum absolute atomic E-state index is 0.0559. The van der Waals surface area contributed by atoms with Crippen molar-refractivity contribution in [3.8, 4) is 0 Å². The van der Waals surface area contributed by atoms with Crippen LogP contribution in [-0.4, -0.2) is 15.3 Å². The monoisotopic (exact) mass is 277 g/mol. The Labute approximate surface area is 123 Å². The van der Waals surface area contributed by atoms with Crippen molar-refractivity contribution in [1.29, 1.82) is 0 Å². The Morgan fingerprint density at radius 2 is 2.10 bits per heavy atom. The predicted octanol–water partition coefficient (Wildman–Crippen LogP) is 3.94.